The van der Waals surface area contributed by atoms with Crippen LogP contribution in [0.5, 0.6) is 0 Å². The molecule has 12 heteroatoms. The summed E-state index contributed by atoms with van der Waals surface area (Å²) < 4.78 is 45.8. The molecule has 168 valence electrons. The van der Waals surface area contributed by atoms with Crippen molar-refractivity contribution >= 4 is 27.5 Å². The molecule has 0 aliphatic carbocycles. The number of nitrogens with zero attached hydrogens (tertiary/aromatic N) is 4. The van der Waals surface area contributed by atoms with Crippen molar-refractivity contribution in [2.75, 3.05) is 26.2 Å². The molecule has 0 bridgehead atoms. The molecule has 0 unspecified atom stereocenters. The quantitative estimate of drug-likeness (QED) is 0.551. The van der Waals surface area contributed by atoms with Crippen LogP contribution in [-0.4, -0.2) is 59.5 Å². The Labute approximate surface area is 187 Å². The Morgan fingerprint density at radius 2 is 1.66 bits per heavy atom. The molecule has 1 fully saturated rings. The molecule has 4 rings (SSSR count). The molecule has 0 atom stereocenters. The number of carbonyl (C=O) groups is 1. The van der Waals surface area contributed by atoms with Crippen LogP contribution in [0.2, 0.25) is 5.02 Å². The first kappa shape index (κ1) is 22.2. The van der Waals surface area contributed by atoms with Crippen LogP contribution < -0.4 is 5.76 Å². The zero-order valence-electron chi connectivity index (χ0n) is 16.6. The Kier molecular flexibility index (Phi) is 6.13. The SMILES string of the molecule is O=C(Cn1nc(-c2ccc(F)cc2)oc1=O)N1CCN(S(=O)(=O)c2ccc(Cl)cc2)CC1. The van der Waals surface area contributed by atoms with E-state index in [1.54, 1.807) is 0 Å². The lowest BCUT2D eigenvalue weighted by molar-refractivity contribution is -0.133. The average Bonchev–Trinajstić information content (AvgIpc) is 3.14. The van der Waals surface area contributed by atoms with E-state index >= 15 is 0 Å². The second-order valence-electron chi connectivity index (χ2n) is 7.08. The fraction of sp³-hybridized carbons (Fsp3) is 0.250. The van der Waals surface area contributed by atoms with E-state index in [0.717, 1.165) is 4.68 Å². The van der Waals surface area contributed by atoms with Gasteiger partial charge in [0.15, 0.2) is 0 Å². The summed E-state index contributed by atoms with van der Waals surface area (Å²) in [5, 5.41) is 4.43. The molecular weight excluding hydrogens is 463 g/mol. The standard InChI is InChI=1S/C20H18ClFN4O5S/c21-15-3-7-17(8-4-15)32(29,30)25-11-9-24(10-12-25)18(27)13-26-20(28)31-19(23-26)14-1-5-16(22)6-2-14/h1-8H,9-13H2. The van der Waals surface area contributed by atoms with E-state index in [4.69, 9.17) is 16.0 Å². The normalized spacial score (nSPS) is 15.1. The van der Waals surface area contributed by atoms with Crippen LogP contribution in [0.15, 0.2) is 62.6 Å². The van der Waals surface area contributed by atoms with Crippen molar-refractivity contribution < 1.29 is 22.0 Å². The minimum absolute atomic E-state index is 0.0262. The third-order valence-electron chi connectivity index (χ3n) is 5.03. The summed E-state index contributed by atoms with van der Waals surface area (Å²) >= 11 is 5.82. The maximum Gasteiger partial charge on any atom is 0.437 e. The molecule has 0 N–H and O–H groups in total. The van der Waals surface area contributed by atoms with Gasteiger partial charge >= 0.3 is 5.76 Å². The number of halogens is 2. The topological polar surface area (TPSA) is 106 Å². The van der Waals surface area contributed by atoms with Gasteiger partial charge in [-0.2, -0.15) is 8.99 Å². The van der Waals surface area contributed by atoms with Crippen LogP contribution >= 0.6 is 11.6 Å². The second kappa shape index (κ2) is 8.85. The summed E-state index contributed by atoms with van der Waals surface area (Å²) in [5.74, 6) is -1.68. The van der Waals surface area contributed by atoms with Gasteiger partial charge in [0, 0.05) is 36.8 Å². The lowest BCUT2D eigenvalue weighted by atomic mass is 10.2. The highest BCUT2D eigenvalue weighted by molar-refractivity contribution is 7.89. The smallest absolute Gasteiger partial charge is 0.388 e. The van der Waals surface area contributed by atoms with Crippen molar-refractivity contribution in [2.24, 2.45) is 0 Å². The lowest BCUT2D eigenvalue weighted by Crippen LogP contribution is -2.51. The van der Waals surface area contributed by atoms with Crippen LogP contribution in [0.4, 0.5) is 4.39 Å². The summed E-state index contributed by atoms with van der Waals surface area (Å²) in [6.07, 6.45) is 0. The fourth-order valence-electron chi connectivity index (χ4n) is 3.28. The van der Waals surface area contributed by atoms with Crippen LogP contribution in [-0.2, 0) is 21.4 Å². The molecule has 2 heterocycles. The van der Waals surface area contributed by atoms with Gasteiger partial charge in [0.05, 0.1) is 4.90 Å². The minimum atomic E-state index is -3.70. The molecule has 3 aromatic rings. The zero-order chi connectivity index (χ0) is 22.9. The molecule has 1 amide bonds. The third kappa shape index (κ3) is 4.59. The van der Waals surface area contributed by atoms with Gasteiger partial charge < -0.3 is 9.32 Å². The Balaban J connectivity index is 1.39. The maximum absolute atomic E-state index is 13.1. The molecule has 0 spiro atoms. The highest BCUT2D eigenvalue weighted by Gasteiger charge is 2.30. The third-order valence-corrected chi connectivity index (χ3v) is 7.19. The Hall–Kier alpha value is -3.02. The molecule has 0 radical (unpaired) electrons. The predicted molar refractivity (Wildman–Crippen MR) is 113 cm³/mol. The average molecular weight is 481 g/mol. The van der Waals surface area contributed by atoms with E-state index in [2.05, 4.69) is 5.10 Å². The molecule has 2 aromatic carbocycles. The summed E-state index contributed by atoms with van der Waals surface area (Å²) in [7, 11) is -3.70. The van der Waals surface area contributed by atoms with Gasteiger partial charge in [0.2, 0.25) is 21.8 Å². The first-order valence-electron chi connectivity index (χ1n) is 9.61. The highest BCUT2D eigenvalue weighted by atomic mass is 35.5. The van der Waals surface area contributed by atoms with E-state index < -0.39 is 27.5 Å². The van der Waals surface area contributed by atoms with E-state index in [0.29, 0.717) is 10.6 Å². The molecule has 1 aliphatic rings. The summed E-state index contributed by atoms with van der Waals surface area (Å²) in [4.78, 5) is 26.3. The number of benzene rings is 2. The fourth-order valence-corrected chi connectivity index (χ4v) is 4.83. The van der Waals surface area contributed by atoms with E-state index in [1.807, 2.05) is 0 Å². The largest absolute Gasteiger partial charge is 0.437 e. The van der Waals surface area contributed by atoms with Crippen molar-refractivity contribution in [3.8, 4) is 11.5 Å². The Morgan fingerprint density at radius 1 is 1.03 bits per heavy atom. The summed E-state index contributed by atoms with van der Waals surface area (Å²) in [6.45, 7) is 0.218. The van der Waals surface area contributed by atoms with Crippen LogP contribution in [0.3, 0.4) is 0 Å². The van der Waals surface area contributed by atoms with Crippen molar-refractivity contribution in [3.63, 3.8) is 0 Å². The van der Waals surface area contributed by atoms with Crippen LogP contribution in [0.25, 0.3) is 11.5 Å². The number of carbonyl (C=O) groups excluding carboxylic acids is 1. The molecular formula is C20H18ClFN4O5S. The maximum atomic E-state index is 13.1. The molecule has 1 saturated heterocycles. The molecule has 9 nitrogen and oxygen atoms in total. The van der Waals surface area contributed by atoms with Gasteiger partial charge in [0.25, 0.3) is 0 Å². The van der Waals surface area contributed by atoms with Gasteiger partial charge in [-0.3, -0.25) is 4.79 Å². The number of piperazine rings is 1. The van der Waals surface area contributed by atoms with Gasteiger partial charge in [-0.25, -0.2) is 17.6 Å². The van der Waals surface area contributed by atoms with Gasteiger partial charge in [0.1, 0.15) is 12.4 Å². The number of hydrogen-bond donors (Lipinski definition) is 0. The molecule has 32 heavy (non-hydrogen) atoms. The van der Waals surface area contributed by atoms with E-state index in [-0.39, 0.29) is 43.5 Å². The van der Waals surface area contributed by atoms with Crippen molar-refractivity contribution in [3.05, 3.63) is 69.9 Å². The number of rotatable bonds is 5. The Morgan fingerprint density at radius 3 is 2.28 bits per heavy atom. The molecule has 1 aliphatic heterocycles. The summed E-state index contributed by atoms with van der Waals surface area (Å²) in [6, 6.07) is 11.1. The number of aromatic nitrogens is 2. The monoisotopic (exact) mass is 480 g/mol. The lowest BCUT2D eigenvalue weighted by Gasteiger charge is -2.33. The van der Waals surface area contributed by atoms with Crippen molar-refractivity contribution in [1.82, 2.24) is 19.0 Å². The van der Waals surface area contributed by atoms with E-state index in [9.17, 15) is 22.4 Å². The highest BCUT2D eigenvalue weighted by Crippen LogP contribution is 2.20. The van der Waals surface area contributed by atoms with Gasteiger partial charge in [-0.1, -0.05) is 11.6 Å². The number of sulfonamides is 1. The zero-order valence-corrected chi connectivity index (χ0v) is 18.2. The van der Waals surface area contributed by atoms with Crippen LogP contribution in [0, 0.1) is 5.82 Å². The number of amides is 1. The first-order valence-corrected chi connectivity index (χ1v) is 11.4. The molecule has 1 aromatic heterocycles. The van der Waals surface area contributed by atoms with E-state index in [1.165, 1.54) is 57.7 Å². The van der Waals surface area contributed by atoms with Crippen LogP contribution in [0.1, 0.15) is 0 Å². The minimum Gasteiger partial charge on any atom is -0.388 e. The molecule has 0 saturated carbocycles. The van der Waals surface area contributed by atoms with Gasteiger partial charge in [-0.15, -0.1) is 5.10 Å². The number of hydrogen-bond acceptors (Lipinski definition) is 6. The summed E-state index contributed by atoms with van der Waals surface area (Å²) in [5.41, 5.74) is 0.399. The van der Waals surface area contributed by atoms with Crippen molar-refractivity contribution in [1.29, 1.82) is 0 Å². The Bertz CT molecular complexity index is 1280. The first-order chi connectivity index (χ1) is 15.2. The van der Waals surface area contributed by atoms with Gasteiger partial charge in [-0.05, 0) is 48.5 Å². The van der Waals surface area contributed by atoms with Crippen molar-refractivity contribution in [2.45, 2.75) is 11.4 Å². The second-order valence-corrected chi connectivity index (χ2v) is 9.45. The predicted octanol–water partition coefficient (Wildman–Crippen LogP) is 1.83.